The number of fused-ring (bicyclic) bond motifs is 2. The smallest absolute Gasteiger partial charge is 0.368 e. The molecule has 2 aliphatic heterocycles. The average molecular weight is 356 g/mol. The SMILES string of the molecule is NC(=O)C1(CCc2ccncc2)CCC2CN1CN2OS(=O)(=O)O. The molecule has 3 atom stereocenters. The summed E-state index contributed by atoms with van der Waals surface area (Å²) in [6, 6.07) is 3.58. The minimum atomic E-state index is -4.58. The molecule has 3 heterocycles. The van der Waals surface area contributed by atoms with E-state index in [-0.39, 0.29) is 12.7 Å². The first kappa shape index (κ1) is 17.2. The van der Waals surface area contributed by atoms with Gasteiger partial charge in [-0.05, 0) is 43.4 Å². The number of aromatic nitrogens is 1. The number of piperidine rings is 1. The fraction of sp³-hybridized carbons (Fsp3) is 0.571. The molecule has 2 aliphatic rings. The lowest BCUT2D eigenvalue weighted by Crippen LogP contribution is -2.59. The lowest BCUT2D eigenvalue weighted by molar-refractivity contribution is -0.132. The van der Waals surface area contributed by atoms with Crippen molar-refractivity contribution in [2.75, 3.05) is 13.2 Å². The van der Waals surface area contributed by atoms with Gasteiger partial charge < -0.3 is 5.73 Å². The summed E-state index contributed by atoms with van der Waals surface area (Å²) in [5.74, 6) is -0.427. The number of nitrogens with two attached hydrogens (primary N) is 1. The van der Waals surface area contributed by atoms with Gasteiger partial charge in [-0.25, -0.2) is 0 Å². The van der Waals surface area contributed by atoms with Gasteiger partial charge in [0, 0.05) is 18.9 Å². The largest absolute Gasteiger partial charge is 0.413 e. The van der Waals surface area contributed by atoms with E-state index in [0.29, 0.717) is 32.2 Å². The lowest BCUT2D eigenvalue weighted by Gasteiger charge is -2.41. The van der Waals surface area contributed by atoms with Crippen LogP contribution in [0.4, 0.5) is 0 Å². The predicted octanol–water partition coefficient (Wildman–Crippen LogP) is -0.290. The molecule has 0 saturated carbocycles. The van der Waals surface area contributed by atoms with Crippen molar-refractivity contribution in [1.82, 2.24) is 14.9 Å². The summed E-state index contributed by atoms with van der Waals surface area (Å²) < 4.78 is 35.4. The zero-order valence-corrected chi connectivity index (χ0v) is 13.9. The summed E-state index contributed by atoms with van der Waals surface area (Å²) in [6.07, 6.45) is 5.65. The van der Waals surface area contributed by atoms with Crippen molar-refractivity contribution in [2.45, 2.75) is 37.3 Å². The second kappa shape index (κ2) is 6.37. The van der Waals surface area contributed by atoms with E-state index < -0.39 is 21.8 Å². The maximum atomic E-state index is 12.2. The number of amides is 1. The summed E-state index contributed by atoms with van der Waals surface area (Å²) in [5.41, 5.74) is 5.91. The van der Waals surface area contributed by atoms with E-state index in [1.807, 2.05) is 17.0 Å². The minimum Gasteiger partial charge on any atom is -0.368 e. The van der Waals surface area contributed by atoms with Crippen LogP contribution in [-0.2, 0) is 25.9 Å². The third kappa shape index (κ3) is 3.42. The van der Waals surface area contributed by atoms with Crippen molar-refractivity contribution in [3.05, 3.63) is 30.1 Å². The molecule has 24 heavy (non-hydrogen) atoms. The van der Waals surface area contributed by atoms with Gasteiger partial charge in [-0.15, -0.1) is 0 Å². The van der Waals surface area contributed by atoms with Crippen LogP contribution < -0.4 is 5.73 Å². The highest BCUT2D eigenvalue weighted by Gasteiger charge is 2.52. The molecule has 0 radical (unpaired) electrons. The molecule has 2 fully saturated rings. The van der Waals surface area contributed by atoms with Crippen molar-refractivity contribution in [3.8, 4) is 0 Å². The number of carbonyl (C=O) groups is 1. The Bertz CT molecular complexity index is 713. The van der Waals surface area contributed by atoms with Crippen LogP contribution in [-0.4, -0.2) is 58.6 Å². The normalized spacial score (nSPS) is 30.4. The Hall–Kier alpha value is -1.59. The monoisotopic (exact) mass is 356 g/mol. The molecule has 3 rings (SSSR count). The van der Waals surface area contributed by atoms with Crippen LogP contribution >= 0.6 is 0 Å². The lowest BCUT2D eigenvalue weighted by atomic mass is 9.81. The van der Waals surface area contributed by atoms with E-state index in [0.717, 1.165) is 5.56 Å². The highest BCUT2D eigenvalue weighted by molar-refractivity contribution is 7.80. The van der Waals surface area contributed by atoms with Gasteiger partial charge in [0.2, 0.25) is 5.91 Å². The number of hydroxylamine groups is 2. The number of hydrogen-bond donors (Lipinski definition) is 2. The molecule has 10 heteroatoms. The van der Waals surface area contributed by atoms with Crippen molar-refractivity contribution < 1.29 is 22.0 Å². The van der Waals surface area contributed by atoms with Gasteiger partial charge in [-0.2, -0.15) is 17.8 Å². The first-order chi connectivity index (χ1) is 11.3. The number of hydrogen-bond acceptors (Lipinski definition) is 7. The molecule has 2 bridgehead atoms. The molecule has 1 amide bonds. The molecule has 2 saturated heterocycles. The summed E-state index contributed by atoms with van der Waals surface area (Å²) in [4.78, 5) is 18.0. The second-order valence-electron chi connectivity index (χ2n) is 6.23. The highest BCUT2D eigenvalue weighted by atomic mass is 32.3. The Balaban J connectivity index is 1.76. The molecule has 9 nitrogen and oxygen atoms in total. The molecule has 0 aliphatic carbocycles. The van der Waals surface area contributed by atoms with Gasteiger partial charge >= 0.3 is 10.4 Å². The van der Waals surface area contributed by atoms with Crippen molar-refractivity contribution in [3.63, 3.8) is 0 Å². The van der Waals surface area contributed by atoms with Gasteiger partial charge in [0.05, 0.1) is 12.7 Å². The zero-order valence-electron chi connectivity index (χ0n) is 13.0. The summed E-state index contributed by atoms with van der Waals surface area (Å²) in [6.45, 7) is 0.568. The Kier molecular flexibility index (Phi) is 4.58. The van der Waals surface area contributed by atoms with Crippen LogP contribution in [0.15, 0.2) is 24.5 Å². The van der Waals surface area contributed by atoms with Gasteiger partial charge in [0.15, 0.2) is 0 Å². The second-order valence-corrected chi connectivity index (χ2v) is 7.23. The van der Waals surface area contributed by atoms with Crippen molar-refractivity contribution in [2.24, 2.45) is 5.73 Å². The molecule has 0 spiro atoms. The molecule has 1 aromatic heterocycles. The topological polar surface area (TPSA) is 126 Å². The molecule has 1 aromatic rings. The molecule has 0 aromatic carbocycles. The molecular weight excluding hydrogens is 336 g/mol. The third-order valence-corrected chi connectivity index (χ3v) is 5.25. The molecular formula is C14H20N4O5S. The standard InChI is InChI=1S/C14H20N4O5S/c15-13(19)14(5-1-11-3-7-16-8-4-11)6-2-12-9-17(14)10-18(12)23-24(20,21)22/h3-4,7-8,12H,1-2,5-6,9-10H2,(H2,15,19)(H,20,21,22). The number of aryl methyl sites for hydroxylation is 1. The zero-order chi connectivity index (χ0) is 17.4. The van der Waals surface area contributed by atoms with Gasteiger partial charge in [0.1, 0.15) is 5.54 Å². The number of primary amides is 1. The van der Waals surface area contributed by atoms with Gasteiger partial charge in [-0.3, -0.25) is 19.2 Å². The Morgan fingerprint density at radius 1 is 1.46 bits per heavy atom. The van der Waals surface area contributed by atoms with Crippen LogP contribution in [0.5, 0.6) is 0 Å². The van der Waals surface area contributed by atoms with E-state index in [1.165, 1.54) is 5.06 Å². The minimum absolute atomic E-state index is 0.101. The first-order valence-electron chi connectivity index (χ1n) is 7.68. The van der Waals surface area contributed by atoms with Crippen LogP contribution in [0.3, 0.4) is 0 Å². The molecule has 3 N–H and O–H groups in total. The summed E-state index contributed by atoms with van der Waals surface area (Å²) >= 11 is 0. The van der Waals surface area contributed by atoms with E-state index in [9.17, 15) is 13.2 Å². The van der Waals surface area contributed by atoms with E-state index in [2.05, 4.69) is 9.27 Å². The fourth-order valence-corrected chi connectivity index (χ4v) is 4.00. The average Bonchev–Trinajstić information content (AvgIpc) is 2.84. The Morgan fingerprint density at radius 2 is 2.17 bits per heavy atom. The maximum absolute atomic E-state index is 12.2. The van der Waals surface area contributed by atoms with Crippen molar-refractivity contribution in [1.29, 1.82) is 0 Å². The molecule has 132 valence electrons. The number of pyridine rings is 1. The van der Waals surface area contributed by atoms with Crippen LogP contribution in [0.2, 0.25) is 0 Å². The van der Waals surface area contributed by atoms with E-state index in [4.69, 9.17) is 10.3 Å². The third-order valence-electron chi connectivity index (χ3n) is 4.87. The quantitative estimate of drug-likeness (QED) is 0.666. The number of rotatable bonds is 6. The van der Waals surface area contributed by atoms with Crippen LogP contribution in [0, 0.1) is 0 Å². The van der Waals surface area contributed by atoms with Gasteiger partial charge in [0.25, 0.3) is 0 Å². The predicted molar refractivity (Wildman–Crippen MR) is 83.6 cm³/mol. The summed E-state index contributed by atoms with van der Waals surface area (Å²) in [7, 11) is -4.58. The van der Waals surface area contributed by atoms with Crippen LogP contribution in [0.25, 0.3) is 0 Å². The van der Waals surface area contributed by atoms with Crippen molar-refractivity contribution >= 4 is 16.3 Å². The highest BCUT2D eigenvalue weighted by Crippen LogP contribution is 2.38. The van der Waals surface area contributed by atoms with E-state index >= 15 is 0 Å². The number of carbonyl (C=O) groups excluding carboxylic acids is 1. The van der Waals surface area contributed by atoms with E-state index in [1.54, 1.807) is 12.4 Å². The first-order valence-corrected chi connectivity index (χ1v) is 9.04. The maximum Gasteiger partial charge on any atom is 0.413 e. The van der Waals surface area contributed by atoms with Gasteiger partial charge in [-0.1, -0.05) is 0 Å². The fourth-order valence-electron chi connectivity index (χ4n) is 3.59. The van der Waals surface area contributed by atoms with Crippen LogP contribution in [0.1, 0.15) is 24.8 Å². The Morgan fingerprint density at radius 3 is 2.79 bits per heavy atom. The molecule has 3 unspecified atom stereocenters. The Labute approximate surface area is 140 Å². The summed E-state index contributed by atoms with van der Waals surface area (Å²) in [5, 5.41) is 1.20. The number of nitrogens with zero attached hydrogens (tertiary/aromatic N) is 3.